The molecule has 1 unspecified atom stereocenters. The van der Waals surface area contributed by atoms with Crippen molar-refractivity contribution in [3.05, 3.63) is 29.8 Å². The molecule has 0 radical (unpaired) electrons. The second-order valence-corrected chi connectivity index (χ2v) is 5.83. The first-order valence-electron chi connectivity index (χ1n) is 6.83. The summed E-state index contributed by atoms with van der Waals surface area (Å²) < 4.78 is 0. The van der Waals surface area contributed by atoms with E-state index in [2.05, 4.69) is 43.4 Å². The van der Waals surface area contributed by atoms with E-state index in [9.17, 15) is 0 Å². The summed E-state index contributed by atoms with van der Waals surface area (Å²) in [5, 5.41) is 12.5. The van der Waals surface area contributed by atoms with Crippen LogP contribution in [0.2, 0.25) is 0 Å². The fourth-order valence-corrected chi connectivity index (χ4v) is 2.46. The van der Waals surface area contributed by atoms with E-state index in [1.807, 2.05) is 11.8 Å². The van der Waals surface area contributed by atoms with Crippen LogP contribution in [-0.4, -0.2) is 30.6 Å². The number of hydrogen-bond acceptors (Lipinski definition) is 3. The van der Waals surface area contributed by atoms with E-state index in [1.165, 1.54) is 10.5 Å². The zero-order chi connectivity index (χ0) is 13.2. The Morgan fingerprint density at radius 3 is 2.50 bits per heavy atom. The third kappa shape index (κ3) is 5.89. The van der Waals surface area contributed by atoms with Crippen molar-refractivity contribution in [2.75, 3.05) is 25.4 Å². The van der Waals surface area contributed by atoms with E-state index in [4.69, 9.17) is 5.11 Å². The minimum Gasteiger partial charge on any atom is -0.396 e. The van der Waals surface area contributed by atoms with E-state index in [0.29, 0.717) is 5.92 Å². The summed E-state index contributed by atoms with van der Waals surface area (Å²) in [7, 11) is 0. The van der Waals surface area contributed by atoms with Gasteiger partial charge in [0.25, 0.3) is 0 Å². The maximum absolute atomic E-state index is 9.08. The lowest BCUT2D eigenvalue weighted by Gasteiger charge is -2.12. The Hall–Kier alpha value is -0.510. The van der Waals surface area contributed by atoms with Crippen LogP contribution in [0.15, 0.2) is 29.2 Å². The molecule has 1 atom stereocenters. The van der Waals surface area contributed by atoms with Gasteiger partial charge in [-0.15, -0.1) is 11.8 Å². The molecule has 1 rings (SSSR count). The fraction of sp³-hybridized carbons (Fsp3) is 0.600. The van der Waals surface area contributed by atoms with Gasteiger partial charge in [-0.1, -0.05) is 26.0 Å². The summed E-state index contributed by atoms with van der Waals surface area (Å²) in [6, 6.07) is 8.82. The average molecular weight is 267 g/mol. The van der Waals surface area contributed by atoms with Crippen LogP contribution in [0.1, 0.15) is 25.8 Å². The van der Waals surface area contributed by atoms with Gasteiger partial charge in [-0.25, -0.2) is 0 Å². The lowest BCUT2D eigenvalue weighted by atomic mass is 10.1. The van der Waals surface area contributed by atoms with Crippen LogP contribution < -0.4 is 5.32 Å². The lowest BCUT2D eigenvalue weighted by Crippen LogP contribution is -2.26. The molecule has 0 spiro atoms. The molecule has 102 valence electrons. The number of thioether (sulfide) groups is 1. The molecule has 0 aliphatic carbocycles. The molecule has 0 aromatic heterocycles. The molecule has 2 nitrogen and oxygen atoms in total. The molecule has 2 N–H and O–H groups in total. The molecule has 0 saturated carbocycles. The minimum atomic E-state index is 0.284. The third-order valence-corrected chi connectivity index (χ3v) is 3.99. The molecule has 0 aliphatic heterocycles. The molecule has 1 aromatic carbocycles. The highest BCUT2D eigenvalue weighted by Gasteiger charge is 2.03. The van der Waals surface area contributed by atoms with Crippen molar-refractivity contribution in [1.29, 1.82) is 0 Å². The smallest absolute Gasteiger partial charge is 0.0471 e. The van der Waals surface area contributed by atoms with E-state index in [0.717, 1.165) is 31.7 Å². The van der Waals surface area contributed by atoms with Gasteiger partial charge < -0.3 is 10.4 Å². The Balaban J connectivity index is 2.22. The minimum absolute atomic E-state index is 0.284. The van der Waals surface area contributed by atoms with Crippen LogP contribution in [-0.2, 0) is 6.42 Å². The van der Waals surface area contributed by atoms with Gasteiger partial charge in [0, 0.05) is 18.0 Å². The van der Waals surface area contributed by atoms with Gasteiger partial charge in [0.1, 0.15) is 0 Å². The van der Waals surface area contributed by atoms with Gasteiger partial charge in [0.15, 0.2) is 0 Å². The average Bonchev–Trinajstić information content (AvgIpc) is 2.41. The zero-order valence-corrected chi connectivity index (χ0v) is 12.3. The van der Waals surface area contributed by atoms with Crippen molar-refractivity contribution in [3.8, 4) is 0 Å². The topological polar surface area (TPSA) is 32.3 Å². The summed E-state index contributed by atoms with van der Waals surface area (Å²) in [6.07, 6.45) is 2.09. The third-order valence-electron chi connectivity index (χ3n) is 3.09. The second-order valence-electron chi connectivity index (χ2n) is 4.49. The van der Waals surface area contributed by atoms with Crippen molar-refractivity contribution in [2.24, 2.45) is 5.92 Å². The first-order valence-corrected chi connectivity index (χ1v) is 7.82. The number of rotatable bonds is 9. The largest absolute Gasteiger partial charge is 0.396 e. The number of hydrogen-bond donors (Lipinski definition) is 2. The van der Waals surface area contributed by atoms with Crippen molar-refractivity contribution >= 4 is 11.8 Å². The van der Waals surface area contributed by atoms with Gasteiger partial charge in [0.05, 0.1) is 0 Å². The highest BCUT2D eigenvalue weighted by Crippen LogP contribution is 2.17. The van der Waals surface area contributed by atoms with E-state index in [1.54, 1.807) is 0 Å². The van der Waals surface area contributed by atoms with E-state index in [-0.39, 0.29) is 6.61 Å². The predicted octanol–water partition coefficient (Wildman–Crippen LogP) is 2.95. The normalized spacial score (nSPS) is 12.6. The molecule has 1 aromatic rings. The van der Waals surface area contributed by atoms with Crippen LogP contribution in [0.4, 0.5) is 0 Å². The van der Waals surface area contributed by atoms with Gasteiger partial charge in [-0.2, -0.15) is 0 Å². The van der Waals surface area contributed by atoms with Gasteiger partial charge >= 0.3 is 0 Å². The number of aliphatic hydroxyl groups excluding tert-OH is 1. The number of aliphatic hydroxyl groups is 1. The quantitative estimate of drug-likeness (QED) is 0.533. The monoisotopic (exact) mass is 267 g/mol. The van der Waals surface area contributed by atoms with Crippen molar-refractivity contribution in [2.45, 2.75) is 31.6 Å². The Morgan fingerprint density at radius 2 is 1.94 bits per heavy atom. The molecule has 0 amide bonds. The molecule has 3 heteroatoms. The maximum Gasteiger partial charge on any atom is 0.0471 e. The summed E-state index contributed by atoms with van der Waals surface area (Å²) in [5.41, 5.74) is 1.38. The first-order chi connectivity index (χ1) is 8.80. The number of benzene rings is 1. The predicted molar refractivity (Wildman–Crippen MR) is 80.3 cm³/mol. The Kier molecular flexibility index (Phi) is 8.14. The Bertz CT molecular complexity index is 309. The fourth-order valence-electron chi connectivity index (χ4n) is 1.80. The highest BCUT2D eigenvalue weighted by atomic mass is 32.2. The van der Waals surface area contributed by atoms with Crippen LogP contribution in [0.3, 0.4) is 0 Å². The van der Waals surface area contributed by atoms with Gasteiger partial charge in [-0.05, 0) is 48.8 Å². The molecule has 18 heavy (non-hydrogen) atoms. The first kappa shape index (κ1) is 15.5. The lowest BCUT2D eigenvalue weighted by molar-refractivity contribution is 0.219. The molecule has 0 heterocycles. The summed E-state index contributed by atoms with van der Waals surface area (Å²) in [4.78, 5) is 1.35. The Labute approximate surface area is 115 Å². The Morgan fingerprint density at radius 1 is 1.22 bits per heavy atom. The summed E-state index contributed by atoms with van der Waals surface area (Å²) in [6.45, 7) is 6.47. The molecule has 0 bridgehead atoms. The van der Waals surface area contributed by atoms with E-state index < -0.39 is 0 Å². The van der Waals surface area contributed by atoms with Crippen molar-refractivity contribution in [3.63, 3.8) is 0 Å². The molecular weight excluding hydrogens is 242 g/mol. The molecule has 0 saturated heterocycles. The van der Waals surface area contributed by atoms with Crippen LogP contribution in [0.5, 0.6) is 0 Å². The number of nitrogens with one attached hydrogen (secondary N) is 1. The van der Waals surface area contributed by atoms with E-state index >= 15 is 0 Å². The van der Waals surface area contributed by atoms with Crippen molar-refractivity contribution in [1.82, 2.24) is 5.32 Å². The zero-order valence-electron chi connectivity index (χ0n) is 11.5. The van der Waals surface area contributed by atoms with Crippen LogP contribution in [0, 0.1) is 5.92 Å². The molecular formula is C15H25NOS. The summed E-state index contributed by atoms with van der Waals surface area (Å²) >= 11 is 1.88. The van der Waals surface area contributed by atoms with Crippen LogP contribution in [0.25, 0.3) is 0 Å². The maximum atomic E-state index is 9.08. The van der Waals surface area contributed by atoms with Crippen molar-refractivity contribution < 1.29 is 5.11 Å². The standard InChI is InChI=1S/C15H25NOS/c1-3-13(12-17)11-16-10-9-14-5-7-15(8-6-14)18-4-2/h5-8,13,16-17H,3-4,9-12H2,1-2H3. The summed E-state index contributed by atoms with van der Waals surface area (Å²) in [5.74, 6) is 1.52. The van der Waals surface area contributed by atoms with Gasteiger partial charge in [0.2, 0.25) is 0 Å². The molecule has 0 aliphatic rings. The highest BCUT2D eigenvalue weighted by molar-refractivity contribution is 7.99. The SMILES string of the molecule is CCSc1ccc(CCNCC(CC)CO)cc1. The van der Waals surface area contributed by atoms with Crippen LogP contribution >= 0.6 is 11.8 Å². The molecule has 0 fully saturated rings. The second kappa shape index (κ2) is 9.42. The van der Waals surface area contributed by atoms with Gasteiger partial charge in [-0.3, -0.25) is 0 Å².